The second-order valence-electron chi connectivity index (χ2n) is 5.67. The fourth-order valence-electron chi connectivity index (χ4n) is 2.40. The average molecular weight is 552 g/mol. The van der Waals surface area contributed by atoms with Gasteiger partial charge in [-0.05, 0) is 0 Å². The van der Waals surface area contributed by atoms with E-state index in [1.165, 1.54) is 0 Å². The van der Waals surface area contributed by atoms with Crippen LogP contribution in [0.25, 0.3) is 0 Å². The van der Waals surface area contributed by atoms with Crippen LogP contribution in [0.4, 0.5) is 4.79 Å². The Labute approximate surface area is 246 Å². The van der Waals surface area contributed by atoms with Gasteiger partial charge in [-0.2, -0.15) is 0 Å². The number of ether oxygens (including phenoxy) is 1. The van der Waals surface area contributed by atoms with Gasteiger partial charge in [0.05, 0.1) is 6.61 Å². The first-order valence-corrected chi connectivity index (χ1v) is 11.9. The van der Waals surface area contributed by atoms with Gasteiger partial charge in [-0.1, -0.05) is 0 Å². The largest absolute Gasteiger partial charge is 1.00 e. The second-order valence-corrected chi connectivity index (χ2v) is 9.96. The summed E-state index contributed by atoms with van der Waals surface area (Å²) in [6, 6.07) is -0.938. The van der Waals surface area contributed by atoms with Crippen molar-refractivity contribution in [1.82, 2.24) is 10.2 Å². The molecule has 7 atom stereocenters. The second kappa shape index (κ2) is 14.2. The van der Waals surface area contributed by atoms with Crippen molar-refractivity contribution < 1.29 is 160 Å². The standard InChI is InChI=1S/C9H17N2O15P3.3Na/c12-5-1-2-11(9(15)10-5)8-7(14)6(13)4(24-8)3-23-28(19,20)26-29(21,22)25-27(16,17)18;;;/h4,6-8,13-14H,1-3H2,(H,19,20)(H,21,22)(H,10,12,15)(H2,16,17,18);;;/q;3*+1/p-3/t4-,6-,7-,8-;;;/m1.../s1. The Morgan fingerprint density at radius 3 is 2.09 bits per heavy atom. The van der Waals surface area contributed by atoms with E-state index < -0.39 is 66.6 Å². The molecule has 2 saturated heterocycles. The van der Waals surface area contributed by atoms with Crippen LogP contribution in [0.15, 0.2) is 0 Å². The van der Waals surface area contributed by atoms with Gasteiger partial charge >= 0.3 is 94.7 Å². The number of rotatable bonds is 8. The van der Waals surface area contributed by atoms with E-state index >= 15 is 0 Å². The fraction of sp³-hybridized carbons (Fsp3) is 0.778. The third-order valence-corrected chi connectivity index (χ3v) is 7.22. The normalized spacial score (nSPS) is 31.0. The van der Waals surface area contributed by atoms with Gasteiger partial charge in [-0.3, -0.25) is 28.7 Å². The van der Waals surface area contributed by atoms with Crippen LogP contribution in [0, 0.1) is 0 Å². The zero-order valence-corrected chi connectivity index (χ0v) is 25.6. The predicted molar refractivity (Wildman–Crippen MR) is 78.7 cm³/mol. The van der Waals surface area contributed by atoms with E-state index in [1.54, 1.807) is 0 Å². The molecule has 0 aromatic heterocycles. The summed E-state index contributed by atoms with van der Waals surface area (Å²) in [5.74, 6) is -0.585. The number of imide groups is 1. The first-order chi connectivity index (χ1) is 13.1. The van der Waals surface area contributed by atoms with Crippen LogP contribution in [0.2, 0.25) is 0 Å². The summed E-state index contributed by atoms with van der Waals surface area (Å²) >= 11 is 0. The number of urea groups is 1. The summed E-state index contributed by atoms with van der Waals surface area (Å²) in [6.07, 6.45) is -6.79. The molecule has 23 heteroatoms. The maximum atomic E-state index is 11.8. The van der Waals surface area contributed by atoms with Gasteiger partial charge in [0.1, 0.15) is 18.3 Å². The minimum absolute atomic E-state index is 0. The summed E-state index contributed by atoms with van der Waals surface area (Å²) in [5, 5.41) is 21.8. The van der Waals surface area contributed by atoms with Crippen LogP contribution in [0.5, 0.6) is 0 Å². The fourth-order valence-corrected chi connectivity index (χ4v) is 5.29. The molecule has 2 aliphatic rings. The van der Waals surface area contributed by atoms with Gasteiger partial charge in [0.25, 0.3) is 23.5 Å². The molecule has 2 aliphatic heterocycles. The van der Waals surface area contributed by atoms with E-state index in [-0.39, 0.29) is 102 Å². The van der Waals surface area contributed by atoms with E-state index in [1.807, 2.05) is 5.32 Å². The summed E-state index contributed by atoms with van der Waals surface area (Å²) in [4.78, 5) is 65.0. The Balaban J connectivity index is 0. The number of amides is 3. The first-order valence-electron chi connectivity index (χ1n) is 7.45. The molecule has 0 saturated carbocycles. The molecule has 2 rings (SSSR count). The van der Waals surface area contributed by atoms with Gasteiger partial charge < -0.3 is 39.0 Å². The molecule has 3 unspecified atom stereocenters. The van der Waals surface area contributed by atoms with E-state index in [9.17, 15) is 48.2 Å². The molecule has 2 fully saturated rings. The zero-order valence-electron chi connectivity index (χ0n) is 17.0. The van der Waals surface area contributed by atoms with Gasteiger partial charge in [0.15, 0.2) is 6.23 Å². The molecule has 4 N–H and O–H groups in total. The third-order valence-electron chi connectivity index (χ3n) is 3.53. The van der Waals surface area contributed by atoms with Crippen LogP contribution >= 0.6 is 23.5 Å². The monoisotopic (exact) mass is 552 g/mol. The van der Waals surface area contributed by atoms with Crippen LogP contribution < -0.4 is 109 Å². The molecule has 17 nitrogen and oxygen atoms in total. The average Bonchev–Trinajstić information content (AvgIpc) is 2.78. The molecule has 0 aliphatic carbocycles. The molecule has 2 heterocycles. The van der Waals surface area contributed by atoms with Crippen LogP contribution in [0.3, 0.4) is 0 Å². The van der Waals surface area contributed by atoms with Crippen molar-refractivity contribution in [2.24, 2.45) is 0 Å². The number of carbonyl (C=O) groups excluding carboxylic acids is 2. The molecule has 0 radical (unpaired) electrons. The predicted octanol–water partition coefficient (Wildman–Crippen LogP) is -13.2. The Hall–Kier alpha value is 2.23. The molecule has 0 aromatic carbocycles. The Bertz CT molecular complexity index is 812. The molecular formula is C9H14N2Na3O15P3. The molecule has 0 bridgehead atoms. The molecule has 3 amide bonds. The van der Waals surface area contributed by atoms with Crippen molar-refractivity contribution in [1.29, 1.82) is 0 Å². The van der Waals surface area contributed by atoms with Crippen molar-refractivity contribution in [2.75, 3.05) is 13.2 Å². The topological polar surface area (TPSA) is 267 Å². The van der Waals surface area contributed by atoms with E-state index in [0.29, 0.717) is 0 Å². The molecule has 168 valence electrons. The molecule has 32 heavy (non-hydrogen) atoms. The minimum atomic E-state index is -6.09. The number of nitrogens with zero attached hydrogens (tertiary/aromatic N) is 1. The van der Waals surface area contributed by atoms with E-state index in [4.69, 9.17) is 9.63 Å². The SMILES string of the molecule is O=C1CCN([C@@H]2O[C@H](COP(=O)([O-])OP(=O)([O-])OP(=O)([O-])O)[C@@H](O)[C@H]2O)C(=O)N1.[Na+].[Na+].[Na+]. The van der Waals surface area contributed by atoms with E-state index in [2.05, 4.69) is 13.1 Å². The summed E-state index contributed by atoms with van der Waals surface area (Å²) < 4.78 is 48.7. The Morgan fingerprint density at radius 1 is 1.03 bits per heavy atom. The number of hydrogen-bond acceptors (Lipinski definition) is 14. The number of nitrogens with one attached hydrogen (secondary N) is 1. The molecular weight excluding hydrogens is 538 g/mol. The van der Waals surface area contributed by atoms with Crippen molar-refractivity contribution in [3.63, 3.8) is 0 Å². The van der Waals surface area contributed by atoms with Gasteiger partial charge in [-0.15, -0.1) is 0 Å². The zero-order chi connectivity index (χ0) is 22.2. The van der Waals surface area contributed by atoms with E-state index in [0.717, 1.165) is 4.90 Å². The van der Waals surface area contributed by atoms with Crippen LogP contribution in [-0.4, -0.2) is 69.6 Å². The maximum Gasteiger partial charge on any atom is 1.00 e. The smallest absolute Gasteiger partial charge is 0.756 e. The van der Waals surface area contributed by atoms with Crippen molar-refractivity contribution >= 4 is 35.4 Å². The van der Waals surface area contributed by atoms with Crippen LogP contribution in [0.1, 0.15) is 6.42 Å². The molecule has 0 aromatic rings. The van der Waals surface area contributed by atoms with Crippen molar-refractivity contribution in [2.45, 2.75) is 31.0 Å². The van der Waals surface area contributed by atoms with Crippen LogP contribution in [-0.2, 0) is 36.4 Å². The maximum absolute atomic E-state index is 11.8. The van der Waals surface area contributed by atoms with Gasteiger partial charge in [0, 0.05) is 13.0 Å². The first kappa shape index (κ1) is 36.4. The van der Waals surface area contributed by atoms with Gasteiger partial charge in [0.2, 0.25) is 5.91 Å². The number of phosphoric ester groups is 1. The quantitative estimate of drug-likeness (QED) is 0.161. The minimum Gasteiger partial charge on any atom is -0.756 e. The van der Waals surface area contributed by atoms with Gasteiger partial charge in [-0.25, -0.2) is 13.4 Å². The summed E-state index contributed by atoms with van der Waals surface area (Å²) in [5.41, 5.74) is 0. The third kappa shape index (κ3) is 11.1. The number of phosphoric acid groups is 3. The van der Waals surface area contributed by atoms with Crippen molar-refractivity contribution in [3.8, 4) is 0 Å². The number of carbonyl (C=O) groups is 2. The number of hydrogen-bond donors (Lipinski definition) is 4. The Kier molecular flexibility index (Phi) is 16.2. The summed E-state index contributed by atoms with van der Waals surface area (Å²) in [7, 11) is -17.8. The molecule has 0 spiro atoms. The Morgan fingerprint density at radius 2 is 1.59 bits per heavy atom. The van der Waals surface area contributed by atoms with Crippen molar-refractivity contribution in [3.05, 3.63) is 0 Å². The number of aliphatic hydroxyl groups excluding tert-OH is 2. The summed E-state index contributed by atoms with van der Waals surface area (Å²) in [6.45, 7) is -1.30. The number of aliphatic hydroxyl groups is 2.